The molecule has 1 aliphatic heterocycles. The van der Waals surface area contributed by atoms with Crippen molar-refractivity contribution in [2.45, 2.75) is 17.4 Å². The van der Waals surface area contributed by atoms with E-state index in [1.165, 1.54) is 4.88 Å². The van der Waals surface area contributed by atoms with Gasteiger partial charge < -0.3 is 0 Å². The third-order valence-corrected chi connectivity index (χ3v) is 8.36. The first-order chi connectivity index (χ1) is 11.0. The van der Waals surface area contributed by atoms with Gasteiger partial charge in [-0.05, 0) is 35.6 Å². The van der Waals surface area contributed by atoms with Crippen molar-refractivity contribution in [3.05, 3.63) is 57.2 Å². The molecule has 1 aliphatic rings. The van der Waals surface area contributed by atoms with Crippen molar-refractivity contribution in [3.63, 3.8) is 0 Å². The maximum atomic E-state index is 12.7. The van der Waals surface area contributed by atoms with Gasteiger partial charge in [0, 0.05) is 34.0 Å². The van der Waals surface area contributed by atoms with Gasteiger partial charge in [0.2, 0.25) is 10.0 Å². The predicted molar refractivity (Wildman–Crippen MR) is 99.8 cm³/mol. The van der Waals surface area contributed by atoms with Crippen molar-refractivity contribution in [2.75, 3.05) is 18.8 Å². The summed E-state index contributed by atoms with van der Waals surface area (Å²) in [7, 11) is -3.28. The molecule has 1 fully saturated rings. The molecule has 124 valence electrons. The molecule has 0 N–H and O–H groups in total. The molecule has 0 amide bonds. The Bertz CT molecular complexity index is 729. The van der Waals surface area contributed by atoms with E-state index in [0.717, 1.165) is 17.7 Å². The molecule has 0 bridgehead atoms. The average Bonchev–Trinajstić information content (AvgIpc) is 2.93. The van der Waals surface area contributed by atoms with E-state index >= 15 is 0 Å². The minimum atomic E-state index is -3.28. The number of halogens is 1. The van der Waals surface area contributed by atoms with Gasteiger partial charge in [-0.3, -0.25) is 0 Å². The lowest BCUT2D eigenvalue weighted by atomic mass is 10.2. The number of nitrogens with zero attached hydrogens (tertiary/aromatic N) is 1. The topological polar surface area (TPSA) is 37.4 Å². The largest absolute Gasteiger partial charge is 0.218 e. The minimum Gasteiger partial charge on any atom is -0.212 e. The Balaban J connectivity index is 1.67. The number of hydrogen-bond donors (Lipinski definition) is 0. The lowest BCUT2D eigenvalue weighted by molar-refractivity contribution is 0.428. The highest BCUT2D eigenvalue weighted by Crippen LogP contribution is 2.37. The molecule has 23 heavy (non-hydrogen) atoms. The van der Waals surface area contributed by atoms with E-state index in [0.29, 0.717) is 23.4 Å². The van der Waals surface area contributed by atoms with E-state index in [4.69, 9.17) is 11.6 Å². The molecule has 1 saturated heterocycles. The van der Waals surface area contributed by atoms with Gasteiger partial charge in [-0.15, -0.1) is 11.3 Å². The zero-order chi connectivity index (χ0) is 16.3. The van der Waals surface area contributed by atoms with Crippen LogP contribution < -0.4 is 0 Å². The predicted octanol–water partition coefficient (Wildman–Crippen LogP) is 4.41. The van der Waals surface area contributed by atoms with Gasteiger partial charge in [-0.1, -0.05) is 29.8 Å². The van der Waals surface area contributed by atoms with Gasteiger partial charge in [0.1, 0.15) is 0 Å². The van der Waals surface area contributed by atoms with Crippen LogP contribution in [-0.2, 0) is 15.8 Å². The van der Waals surface area contributed by atoms with Crippen LogP contribution in [-0.4, -0.2) is 31.6 Å². The second-order valence-electron chi connectivity index (χ2n) is 5.45. The summed E-state index contributed by atoms with van der Waals surface area (Å²) in [6, 6.07) is 11.2. The first kappa shape index (κ1) is 17.3. The third kappa shape index (κ3) is 4.51. The van der Waals surface area contributed by atoms with E-state index in [1.54, 1.807) is 39.9 Å². The maximum absolute atomic E-state index is 12.7. The van der Waals surface area contributed by atoms with Crippen LogP contribution in [0.5, 0.6) is 0 Å². The highest BCUT2D eigenvalue weighted by atomic mass is 35.5. The molecule has 2 aromatic rings. The highest BCUT2D eigenvalue weighted by Gasteiger charge is 2.27. The summed E-state index contributed by atoms with van der Waals surface area (Å²) in [6.45, 7) is 1.17. The van der Waals surface area contributed by atoms with Gasteiger partial charge in [0.25, 0.3) is 0 Å². The van der Waals surface area contributed by atoms with Gasteiger partial charge in [-0.25, -0.2) is 12.7 Å². The Labute approximate surface area is 150 Å². The van der Waals surface area contributed by atoms with Gasteiger partial charge in [0.05, 0.1) is 5.75 Å². The fourth-order valence-corrected chi connectivity index (χ4v) is 6.64. The Kier molecular flexibility index (Phi) is 5.69. The van der Waals surface area contributed by atoms with Crippen LogP contribution >= 0.6 is 34.7 Å². The second-order valence-corrected chi connectivity index (χ2v) is 10.1. The van der Waals surface area contributed by atoms with Crippen LogP contribution in [0, 0.1) is 0 Å². The van der Waals surface area contributed by atoms with Crippen molar-refractivity contribution in [1.29, 1.82) is 0 Å². The van der Waals surface area contributed by atoms with Gasteiger partial charge >= 0.3 is 0 Å². The summed E-state index contributed by atoms with van der Waals surface area (Å²) in [5, 5.41) is 3.11. The SMILES string of the molecule is O=S(=O)(Cc1ccc(Cl)cc1)N1CCSC(c2cccs2)CC1. The molecular formula is C16H18ClNO2S3. The molecule has 2 heterocycles. The Morgan fingerprint density at radius 2 is 1.96 bits per heavy atom. The first-order valence-corrected chi connectivity index (χ1v) is 11.3. The number of thiophene rings is 1. The molecule has 3 rings (SSSR count). The van der Waals surface area contributed by atoms with Crippen LogP contribution in [0.3, 0.4) is 0 Å². The molecular weight excluding hydrogens is 370 g/mol. The highest BCUT2D eigenvalue weighted by molar-refractivity contribution is 7.99. The molecule has 0 aliphatic carbocycles. The molecule has 7 heteroatoms. The molecule has 0 saturated carbocycles. The first-order valence-electron chi connectivity index (χ1n) is 7.42. The monoisotopic (exact) mass is 387 g/mol. The molecule has 1 aromatic heterocycles. The fraction of sp³-hybridized carbons (Fsp3) is 0.375. The Morgan fingerprint density at radius 3 is 2.65 bits per heavy atom. The van der Waals surface area contributed by atoms with Gasteiger partial charge in [0.15, 0.2) is 0 Å². The van der Waals surface area contributed by atoms with Crippen molar-refractivity contribution >= 4 is 44.7 Å². The van der Waals surface area contributed by atoms with Gasteiger partial charge in [-0.2, -0.15) is 11.8 Å². The second kappa shape index (κ2) is 7.57. The van der Waals surface area contributed by atoms with E-state index in [2.05, 4.69) is 17.5 Å². The van der Waals surface area contributed by atoms with Crippen LogP contribution in [0.2, 0.25) is 5.02 Å². The molecule has 3 nitrogen and oxygen atoms in total. The number of thioether (sulfide) groups is 1. The van der Waals surface area contributed by atoms with E-state index in [1.807, 2.05) is 11.8 Å². The Hall–Kier alpha value is -0.530. The summed E-state index contributed by atoms with van der Waals surface area (Å²) in [4.78, 5) is 1.34. The fourth-order valence-electron chi connectivity index (χ4n) is 2.61. The summed E-state index contributed by atoms with van der Waals surface area (Å²) in [5.74, 6) is 0.876. The minimum absolute atomic E-state index is 0.0402. The summed E-state index contributed by atoms with van der Waals surface area (Å²) < 4.78 is 27.0. The van der Waals surface area contributed by atoms with Crippen molar-refractivity contribution in [2.24, 2.45) is 0 Å². The normalized spacial score (nSPS) is 20.3. The van der Waals surface area contributed by atoms with Crippen LogP contribution in [0.4, 0.5) is 0 Å². The number of sulfonamides is 1. The smallest absolute Gasteiger partial charge is 0.212 e. The van der Waals surface area contributed by atoms with Crippen LogP contribution in [0.15, 0.2) is 41.8 Å². The lowest BCUT2D eigenvalue weighted by Crippen LogP contribution is -2.34. The molecule has 0 radical (unpaired) electrons. The maximum Gasteiger partial charge on any atom is 0.218 e. The summed E-state index contributed by atoms with van der Waals surface area (Å²) in [5.41, 5.74) is 0.779. The lowest BCUT2D eigenvalue weighted by Gasteiger charge is -2.20. The molecule has 1 atom stereocenters. The van der Waals surface area contributed by atoms with E-state index in [9.17, 15) is 8.42 Å². The number of rotatable bonds is 4. The third-order valence-electron chi connectivity index (χ3n) is 3.82. The molecule has 1 aromatic carbocycles. The van der Waals surface area contributed by atoms with Crippen molar-refractivity contribution in [1.82, 2.24) is 4.31 Å². The van der Waals surface area contributed by atoms with Crippen molar-refractivity contribution in [3.8, 4) is 0 Å². The average molecular weight is 388 g/mol. The van der Waals surface area contributed by atoms with Crippen molar-refractivity contribution < 1.29 is 8.42 Å². The van der Waals surface area contributed by atoms with Crippen LogP contribution in [0.25, 0.3) is 0 Å². The molecule has 0 spiro atoms. The quantitative estimate of drug-likeness (QED) is 0.779. The Morgan fingerprint density at radius 1 is 1.17 bits per heavy atom. The van der Waals surface area contributed by atoms with Crippen LogP contribution in [0.1, 0.15) is 22.1 Å². The van der Waals surface area contributed by atoms with E-state index in [-0.39, 0.29) is 5.75 Å². The zero-order valence-corrected chi connectivity index (χ0v) is 15.7. The molecule has 1 unspecified atom stereocenters. The van der Waals surface area contributed by atoms with E-state index < -0.39 is 10.0 Å². The number of benzene rings is 1. The summed E-state index contributed by atoms with van der Waals surface area (Å²) in [6.07, 6.45) is 0.866. The standard InChI is InChI=1S/C16H18ClNO2S3/c17-14-5-3-13(4-6-14)12-23(19,20)18-8-7-16(22-11-9-18)15-2-1-10-21-15/h1-6,10,16H,7-9,11-12H2. The number of hydrogen-bond acceptors (Lipinski definition) is 4. The zero-order valence-electron chi connectivity index (χ0n) is 12.5. The summed E-state index contributed by atoms with van der Waals surface area (Å²) >= 11 is 9.46.